The molecule has 0 heterocycles. The molecule has 0 unspecified atom stereocenters. The number of unbranched alkanes of at least 4 members (excludes halogenated alkanes) is 5. The molecule has 0 aliphatic heterocycles. The first-order valence-electron chi connectivity index (χ1n) is 11.2. The van der Waals surface area contributed by atoms with Gasteiger partial charge in [0.05, 0.1) is 12.2 Å². The standard InChI is InChI=1S/C23H40N2O6/c1-2-19(26)20(27)14-12-10-8-6-4-3-5-7-9-11-13-15-22(29)25-18(23(30)31)16-17-21(24)28/h4,6,10,12,18-20,26-27H,2-3,5,7-9,11,13-17H2,1H3,(H2,24,28)(H,25,29)(H,30,31)/b6-4-,12-10-/t18-,19-,20-/m0/s1. The second-order valence-electron chi connectivity index (χ2n) is 7.73. The number of carboxylic acid groups (broad SMARTS) is 1. The van der Waals surface area contributed by atoms with Crippen LogP contribution in [0.3, 0.4) is 0 Å². The average molecular weight is 441 g/mol. The molecule has 0 rings (SSSR count). The summed E-state index contributed by atoms with van der Waals surface area (Å²) in [7, 11) is 0. The number of hydrogen-bond acceptors (Lipinski definition) is 5. The molecule has 0 aliphatic rings. The van der Waals surface area contributed by atoms with E-state index in [1.165, 1.54) is 0 Å². The number of primary amides is 1. The number of aliphatic carboxylic acids is 1. The van der Waals surface area contributed by atoms with Crippen molar-refractivity contribution in [2.75, 3.05) is 0 Å². The molecule has 0 saturated carbocycles. The molecule has 31 heavy (non-hydrogen) atoms. The Balaban J connectivity index is 3.69. The van der Waals surface area contributed by atoms with E-state index in [9.17, 15) is 24.6 Å². The van der Waals surface area contributed by atoms with Gasteiger partial charge in [0.15, 0.2) is 0 Å². The van der Waals surface area contributed by atoms with Crippen LogP contribution in [0.15, 0.2) is 24.3 Å². The van der Waals surface area contributed by atoms with Gasteiger partial charge in [0.1, 0.15) is 6.04 Å². The molecule has 0 spiro atoms. The highest BCUT2D eigenvalue weighted by Gasteiger charge is 2.20. The summed E-state index contributed by atoms with van der Waals surface area (Å²) in [5.74, 6) is -2.06. The lowest BCUT2D eigenvalue weighted by Crippen LogP contribution is -2.41. The summed E-state index contributed by atoms with van der Waals surface area (Å²) < 4.78 is 0. The molecular formula is C23H40N2O6. The van der Waals surface area contributed by atoms with Gasteiger partial charge < -0.3 is 26.4 Å². The van der Waals surface area contributed by atoms with Crippen molar-refractivity contribution in [3.05, 3.63) is 24.3 Å². The summed E-state index contributed by atoms with van der Waals surface area (Å²) in [6.45, 7) is 1.84. The summed E-state index contributed by atoms with van der Waals surface area (Å²) >= 11 is 0. The number of nitrogens with two attached hydrogens (primary N) is 1. The lowest BCUT2D eigenvalue weighted by atomic mass is 10.1. The first kappa shape index (κ1) is 28.8. The molecule has 0 radical (unpaired) electrons. The molecule has 3 atom stereocenters. The van der Waals surface area contributed by atoms with E-state index in [1.807, 2.05) is 19.1 Å². The Morgan fingerprint density at radius 1 is 0.903 bits per heavy atom. The Bertz CT molecular complexity index is 576. The Hall–Kier alpha value is -2.19. The van der Waals surface area contributed by atoms with Gasteiger partial charge >= 0.3 is 5.97 Å². The molecule has 0 aromatic rings. The van der Waals surface area contributed by atoms with Crippen molar-refractivity contribution in [2.24, 2.45) is 5.73 Å². The summed E-state index contributed by atoms with van der Waals surface area (Å²) in [5, 5.41) is 30.6. The molecule has 0 saturated heterocycles. The first-order chi connectivity index (χ1) is 14.8. The summed E-state index contributed by atoms with van der Waals surface area (Å²) in [6.07, 6.45) is 14.5. The maximum atomic E-state index is 11.8. The highest BCUT2D eigenvalue weighted by molar-refractivity contribution is 5.84. The lowest BCUT2D eigenvalue weighted by molar-refractivity contribution is -0.142. The summed E-state index contributed by atoms with van der Waals surface area (Å²) in [4.78, 5) is 33.7. The molecule has 8 nitrogen and oxygen atoms in total. The number of aliphatic hydroxyl groups excluding tert-OH is 2. The zero-order chi connectivity index (χ0) is 23.5. The predicted molar refractivity (Wildman–Crippen MR) is 120 cm³/mol. The largest absolute Gasteiger partial charge is 0.480 e. The van der Waals surface area contributed by atoms with Gasteiger partial charge in [0.25, 0.3) is 0 Å². The fourth-order valence-electron chi connectivity index (χ4n) is 2.94. The Labute approximate surface area is 185 Å². The van der Waals surface area contributed by atoms with Crippen molar-refractivity contribution in [1.29, 1.82) is 0 Å². The zero-order valence-corrected chi connectivity index (χ0v) is 18.7. The van der Waals surface area contributed by atoms with Gasteiger partial charge in [-0.3, -0.25) is 9.59 Å². The first-order valence-corrected chi connectivity index (χ1v) is 11.2. The zero-order valence-electron chi connectivity index (χ0n) is 18.7. The normalized spacial score (nSPS) is 14.5. The van der Waals surface area contributed by atoms with Crippen LogP contribution in [0, 0.1) is 0 Å². The van der Waals surface area contributed by atoms with Crippen molar-refractivity contribution in [2.45, 2.75) is 102 Å². The molecule has 0 fully saturated rings. The van der Waals surface area contributed by atoms with Crippen molar-refractivity contribution < 1.29 is 29.7 Å². The van der Waals surface area contributed by atoms with E-state index >= 15 is 0 Å². The number of aliphatic hydroxyl groups is 2. The second-order valence-corrected chi connectivity index (χ2v) is 7.73. The molecule has 0 bridgehead atoms. The van der Waals surface area contributed by atoms with E-state index in [0.29, 0.717) is 19.3 Å². The van der Waals surface area contributed by atoms with E-state index < -0.39 is 30.1 Å². The van der Waals surface area contributed by atoms with Crippen molar-refractivity contribution in [3.63, 3.8) is 0 Å². The van der Waals surface area contributed by atoms with Crippen LogP contribution >= 0.6 is 0 Å². The number of nitrogens with one attached hydrogen (secondary N) is 1. The SMILES string of the molecule is CC[C@H](O)[C@@H](O)C/C=C\C/C=C\CCCCCCCC(=O)N[C@@H](CCC(N)=O)C(=O)O. The number of hydrogen-bond donors (Lipinski definition) is 5. The van der Waals surface area contributed by atoms with Gasteiger partial charge in [-0.05, 0) is 44.9 Å². The number of carboxylic acids is 1. The molecule has 0 aromatic heterocycles. The molecular weight excluding hydrogens is 400 g/mol. The van der Waals surface area contributed by atoms with Crippen LogP contribution in [-0.4, -0.2) is 51.4 Å². The van der Waals surface area contributed by atoms with E-state index in [-0.39, 0.29) is 25.2 Å². The average Bonchev–Trinajstić information content (AvgIpc) is 2.73. The molecule has 8 heteroatoms. The fraction of sp³-hybridized carbons (Fsp3) is 0.696. The van der Waals surface area contributed by atoms with Crippen LogP contribution in [0.4, 0.5) is 0 Å². The van der Waals surface area contributed by atoms with Crippen molar-refractivity contribution in [1.82, 2.24) is 5.32 Å². The lowest BCUT2D eigenvalue weighted by Gasteiger charge is -2.13. The monoisotopic (exact) mass is 440 g/mol. The number of rotatable bonds is 19. The number of carbonyl (C=O) groups excluding carboxylic acids is 2. The molecule has 2 amide bonds. The predicted octanol–water partition coefficient (Wildman–Crippen LogP) is 2.58. The van der Waals surface area contributed by atoms with Crippen LogP contribution in [0.1, 0.15) is 84.0 Å². The Morgan fingerprint density at radius 3 is 2.19 bits per heavy atom. The third-order valence-electron chi connectivity index (χ3n) is 4.93. The Morgan fingerprint density at radius 2 is 1.55 bits per heavy atom. The van der Waals surface area contributed by atoms with Crippen LogP contribution in [-0.2, 0) is 14.4 Å². The van der Waals surface area contributed by atoms with Gasteiger partial charge in [-0.2, -0.15) is 0 Å². The van der Waals surface area contributed by atoms with Gasteiger partial charge in [0.2, 0.25) is 11.8 Å². The summed E-state index contributed by atoms with van der Waals surface area (Å²) in [5.41, 5.74) is 5.01. The van der Waals surface area contributed by atoms with Gasteiger partial charge in [-0.15, -0.1) is 0 Å². The molecule has 0 aromatic carbocycles. The molecule has 0 aliphatic carbocycles. The fourth-order valence-corrected chi connectivity index (χ4v) is 2.94. The van der Waals surface area contributed by atoms with E-state index in [1.54, 1.807) is 0 Å². The molecule has 6 N–H and O–H groups in total. The van der Waals surface area contributed by atoms with Gasteiger partial charge in [-0.1, -0.05) is 50.5 Å². The topological polar surface area (TPSA) is 150 Å². The quantitative estimate of drug-likeness (QED) is 0.154. The minimum atomic E-state index is -1.16. The minimum Gasteiger partial charge on any atom is -0.480 e. The Kier molecular flexibility index (Phi) is 17.3. The third-order valence-corrected chi connectivity index (χ3v) is 4.93. The smallest absolute Gasteiger partial charge is 0.326 e. The highest BCUT2D eigenvalue weighted by atomic mass is 16.4. The molecule has 178 valence electrons. The minimum absolute atomic E-state index is 0.00362. The summed E-state index contributed by atoms with van der Waals surface area (Å²) in [6, 6.07) is -1.07. The maximum absolute atomic E-state index is 11.8. The van der Waals surface area contributed by atoms with Gasteiger partial charge in [0, 0.05) is 12.8 Å². The number of carbonyl (C=O) groups is 3. The van der Waals surface area contributed by atoms with E-state index in [2.05, 4.69) is 17.5 Å². The van der Waals surface area contributed by atoms with E-state index in [0.717, 1.165) is 38.5 Å². The number of allylic oxidation sites excluding steroid dienone is 3. The van der Waals surface area contributed by atoms with Crippen LogP contribution < -0.4 is 11.1 Å². The second kappa shape index (κ2) is 18.6. The van der Waals surface area contributed by atoms with E-state index in [4.69, 9.17) is 10.8 Å². The highest BCUT2D eigenvalue weighted by Crippen LogP contribution is 2.09. The van der Waals surface area contributed by atoms with Crippen molar-refractivity contribution >= 4 is 17.8 Å². The van der Waals surface area contributed by atoms with Gasteiger partial charge in [-0.25, -0.2) is 4.79 Å². The van der Waals surface area contributed by atoms with Crippen molar-refractivity contribution in [3.8, 4) is 0 Å². The maximum Gasteiger partial charge on any atom is 0.326 e. The van der Waals surface area contributed by atoms with Crippen LogP contribution in [0.5, 0.6) is 0 Å². The van der Waals surface area contributed by atoms with Crippen LogP contribution in [0.2, 0.25) is 0 Å². The van der Waals surface area contributed by atoms with Crippen LogP contribution in [0.25, 0.3) is 0 Å². The number of amides is 2. The third kappa shape index (κ3) is 17.2.